The second-order valence-electron chi connectivity index (χ2n) is 5.46. The van der Waals surface area contributed by atoms with E-state index in [1.54, 1.807) is 19.1 Å². The number of nitrogens with zero attached hydrogens (tertiary/aromatic N) is 1. The van der Waals surface area contributed by atoms with Crippen molar-refractivity contribution in [3.8, 4) is 5.75 Å². The van der Waals surface area contributed by atoms with E-state index in [9.17, 15) is 4.79 Å². The molecule has 0 aliphatic carbocycles. The van der Waals surface area contributed by atoms with Crippen LogP contribution in [0.2, 0.25) is 0 Å². The number of ether oxygens (including phenoxy) is 2. The third-order valence-electron chi connectivity index (χ3n) is 4.00. The van der Waals surface area contributed by atoms with Gasteiger partial charge in [-0.1, -0.05) is 30.3 Å². The Morgan fingerprint density at radius 3 is 2.35 bits per heavy atom. The van der Waals surface area contributed by atoms with Crippen molar-refractivity contribution in [3.63, 3.8) is 0 Å². The Hall–Kier alpha value is -2.33. The van der Waals surface area contributed by atoms with Crippen molar-refractivity contribution >= 4 is 5.91 Å². The van der Waals surface area contributed by atoms with Gasteiger partial charge in [0.1, 0.15) is 5.75 Å². The Bertz CT molecular complexity index is 652. The number of carbonyl (C=O) groups excluding carboxylic acids is 1. The van der Waals surface area contributed by atoms with Crippen molar-refractivity contribution in [2.75, 3.05) is 21.3 Å². The van der Waals surface area contributed by atoms with Gasteiger partial charge in [-0.15, -0.1) is 0 Å². The van der Waals surface area contributed by atoms with Crippen LogP contribution < -0.4 is 4.74 Å². The molecule has 0 aliphatic rings. The number of carbonyl (C=O) groups is 1. The smallest absolute Gasteiger partial charge is 0.254 e. The van der Waals surface area contributed by atoms with Crippen LogP contribution in [-0.4, -0.2) is 32.1 Å². The fourth-order valence-electron chi connectivity index (χ4n) is 2.51. The summed E-state index contributed by atoms with van der Waals surface area (Å²) in [5.74, 6) is 0.766. The Morgan fingerprint density at radius 2 is 1.74 bits per heavy atom. The summed E-state index contributed by atoms with van der Waals surface area (Å²) in [5.41, 5.74) is 2.69. The molecule has 0 saturated carbocycles. The second-order valence-corrected chi connectivity index (χ2v) is 5.46. The normalized spacial score (nSPS) is 11.8. The lowest BCUT2D eigenvalue weighted by atomic mass is 10.0. The summed E-state index contributed by atoms with van der Waals surface area (Å²) >= 11 is 0. The Kier molecular flexibility index (Phi) is 5.77. The monoisotopic (exact) mass is 313 g/mol. The van der Waals surface area contributed by atoms with Crippen molar-refractivity contribution in [2.45, 2.75) is 19.6 Å². The fraction of sp³-hybridized carbons (Fsp3) is 0.316. The van der Waals surface area contributed by atoms with Gasteiger partial charge in [-0.3, -0.25) is 4.79 Å². The molecule has 23 heavy (non-hydrogen) atoms. The maximum atomic E-state index is 12.7. The zero-order valence-corrected chi connectivity index (χ0v) is 14.1. The lowest BCUT2D eigenvalue weighted by Gasteiger charge is -2.26. The third kappa shape index (κ3) is 3.90. The molecular weight excluding hydrogens is 290 g/mol. The first kappa shape index (κ1) is 17.0. The first-order valence-corrected chi connectivity index (χ1v) is 7.56. The molecule has 1 atom stereocenters. The van der Waals surface area contributed by atoms with Crippen LogP contribution >= 0.6 is 0 Å². The van der Waals surface area contributed by atoms with Gasteiger partial charge in [-0.2, -0.15) is 0 Å². The van der Waals surface area contributed by atoms with Crippen LogP contribution in [0.4, 0.5) is 0 Å². The lowest BCUT2D eigenvalue weighted by molar-refractivity contribution is 0.0741. The summed E-state index contributed by atoms with van der Waals surface area (Å²) in [6.45, 7) is 2.54. The molecule has 0 spiro atoms. The first-order chi connectivity index (χ1) is 11.1. The molecule has 0 radical (unpaired) electrons. The van der Waals surface area contributed by atoms with Crippen molar-refractivity contribution in [3.05, 3.63) is 65.2 Å². The second kappa shape index (κ2) is 7.79. The van der Waals surface area contributed by atoms with Gasteiger partial charge < -0.3 is 14.4 Å². The van der Waals surface area contributed by atoms with Crippen LogP contribution in [0.15, 0.2) is 48.5 Å². The molecule has 4 heteroatoms. The molecule has 0 fully saturated rings. The highest BCUT2D eigenvalue weighted by atomic mass is 16.5. The Labute approximate surface area is 137 Å². The van der Waals surface area contributed by atoms with Crippen LogP contribution in [0.25, 0.3) is 0 Å². The fourth-order valence-corrected chi connectivity index (χ4v) is 2.51. The topological polar surface area (TPSA) is 38.8 Å². The van der Waals surface area contributed by atoms with Gasteiger partial charge in [0.25, 0.3) is 5.91 Å². The predicted octanol–water partition coefficient (Wildman–Crippen LogP) is 3.67. The first-order valence-electron chi connectivity index (χ1n) is 7.56. The predicted molar refractivity (Wildman–Crippen MR) is 90.7 cm³/mol. The number of methoxy groups -OCH3 is 2. The van der Waals surface area contributed by atoms with Crippen LogP contribution in [0.5, 0.6) is 5.75 Å². The minimum atomic E-state index is -0.0858. The summed E-state index contributed by atoms with van der Waals surface area (Å²) < 4.78 is 10.5. The Balaban J connectivity index is 2.18. The van der Waals surface area contributed by atoms with E-state index >= 15 is 0 Å². The summed E-state index contributed by atoms with van der Waals surface area (Å²) in [7, 11) is 5.10. The van der Waals surface area contributed by atoms with E-state index in [1.165, 1.54) is 0 Å². The van der Waals surface area contributed by atoms with Gasteiger partial charge in [0, 0.05) is 25.3 Å². The van der Waals surface area contributed by atoms with Gasteiger partial charge in [0.15, 0.2) is 0 Å². The highest BCUT2D eigenvalue weighted by Crippen LogP contribution is 2.28. The average molecular weight is 313 g/mol. The van der Waals surface area contributed by atoms with Crippen LogP contribution in [0.1, 0.15) is 34.5 Å². The van der Waals surface area contributed by atoms with E-state index < -0.39 is 0 Å². The summed E-state index contributed by atoms with van der Waals surface area (Å²) in [6, 6.07) is 15.2. The molecule has 4 nitrogen and oxygen atoms in total. The number of para-hydroxylation sites is 1. The van der Waals surface area contributed by atoms with E-state index in [1.807, 2.05) is 62.5 Å². The van der Waals surface area contributed by atoms with Crippen LogP contribution in [-0.2, 0) is 11.3 Å². The van der Waals surface area contributed by atoms with Gasteiger partial charge in [-0.05, 0) is 30.7 Å². The van der Waals surface area contributed by atoms with Gasteiger partial charge >= 0.3 is 0 Å². The third-order valence-corrected chi connectivity index (χ3v) is 4.00. The molecule has 0 aliphatic heterocycles. The molecule has 0 N–H and O–H groups in total. The molecule has 2 aromatic carbocycles. The minimum Gasteiger partial charge on any atom is -0.496 e. The van der Waals surface area contributed by atoms with Crippen molar-refractivity contribution < 1.29 is 14.3 Å². The number of benzene rings is 2. The zero-order valence-electron chi connectivity index (χ0n) is 14.1. The number of rotatable bonds is 6. The maximum absolute atomic E-state index is 12.7. The van der Waals surface area contributed by atoms with Crippen molar-refractivity contribution in [2.24, 2.45) is 0 Å². The summed E-state index contributed by atoms with van der Waals surface area (Å²) in [6.07, 6.45) is 0. The van der Waals surface area contributed by atoms with E-state index in [-0.39, 0.29) is 11.9 Å². The largest absolute Gasteiger partial charge is 0.496 e. The lowest BCUT2D eigenvalue weighted by Crippen LogP contribution is -2.29. The SMILES string of the molecule is COCc1ccc(C(=O)N(C)C(C)c2ccccc2OC)cc1. The van der Waals surface area contributed by atoms with E-state index in [4.69, 9.17) is 9.47 Å². The Morgan fingerprint density at radius 1 is 1.09 bits per heavy atom. The molecular formula is C19H23NO3. The number of hydrogen-bond donors (Lipinski definition) is 0. The zero-order chi connectivity index (χ0) is 16.8. The molecule has 0 aromatic heterocycles. The van der Waals surface area contributed by atoms with Gasteiger partial charge in [-0.25, -0.2) is 0 Å². The quantitative estimate of drug-likeness (QED) is 0.816. The van der Waals surface area contributed by atoms with Gasteiger partial charge in [0.05, 0.1) is 19.8 Å². The summed E-state index contributed by atoms with van der Waals surface area (Å²) in [5, 5.41) is 0. The highest BCUT2D eigenvalue weighted by molar-refractivity contribution is 5.94. The molecule has 0 saturated heterocycles. The van der Waals surface area contributed by atoms with E-state index in [0.29, 0.717) is 12.2 Å². The van der Waals surface area contributed by atoms with Crippen molar-refractivity contribution in [1.29, 1.82) is 0 Å². The molecule has 122 valence electrons. The van der Waals surface area contributed by atoms with Crippen LogP contribution in [0.3, 0.4) is 0 Å². The number of hydrogen-bond acceptors (Lipinski definition) is 3. The van der Waals surface area contributed by atoms with E-state index in [0.717, 1.165) is 16.9 Å². The molecule has 2 aromatic rings. The van der Waals surface area contributed by atoms with Crippen LogP contribution in [0, 0.1) is 0 Å². The molecule has 2 rings (SSSR count). The molecule has 0 heterocycles. The average Bonchev–Trinajstić information content (AvgIpc) is 2.60. The highest BCUT2D eigenvalue weighted by Gasteiger charge is 2.21. The van der Waals surface area contributed by atoms with Gasteiger partial charge in [0.2, 0.25) is 0 Å². The number of amides is 1. The maximum Gasteiger partial charge on any atom is 0.254 e. The summed E-state index contributed by atoms with van der Waals surface area (Å²) in [4.78, 5) is 14.4. The minimum absolute atomic E-state index is 0.0210. The molecule has 1 unspecified atom stereocenters. The van der Waals surface area contributed by atoms with Crippen molar-refractivity contribution in [1.82, 2.24) is 4.90 Å². The molecule has 1 amide bonds. The van der Waals surface area contributed by atoms with E-state index in [2.05, 4.69) is 0 Å². The molecule has 0 bridgehead atoms. The standard InChI is InChI=1S/C19H23NO3/c1-14(17-7-5-6-8-18(17)23-4)20(2)19(21)16-11-9-15(10-12-16)13-22-3/h5-12,14H,13H2,1-4H3.